The van der Waals surface area contributed by atoms with E-state index in [1.165, 1.54) is 0 Å². The van der Waals surface area contributed by atoms with Gasteiger partial charge in [-0.3, -0.25) is 4.79 Å². The van der Waals surface area contributed by atoms with Gasteiger partial charge in [-0.25, -0.2) is 0 Å². The number of hydrogen-bond donors (Lipinski definition) is 2. The highest BCUT2D eigenvalue weighted by Gasteiger charge is 2.14. The van der Waals surface area contributed by atoms with Crippen LogP contribution in [0, 0.1) is 13.8 Å². The molecule has 0 unspecified atom stereocenters. The monoisotopic (exact) mass is 352 g/mol. The van der Waals surface area contributed by atoms with E-state index in [0.29, 0.717) is 20.7 Å². The van der Waals surface area contributed by atoms with Crippen molar-refractivity contribution in [1.82, 2.24) is 0 Å². The second-order valence-corrected chi connectivity index (χ2v) is 5.81. The molecule has 1 amide bonds. The molecule has 20 heavy (non-hydrogen) atoms. The molecule has 3 nitrogen and oxygen atoms in total. The van der Waals surface area contributed by atoms with Gasteiger partial charge in [0.1, 0.15) is 0 Å². The van der Waals surface area contributed by atoms with E-state index in [1.54, 1.807) is 18.2 Å². The molecule has 0 fully saturated rings. The van der Waals surface area contributed by atoms with Crippen LogP contribution in [0.3, 0.4) is 0 Å². The van der Waals surface area contributed by atoms with Gasteiger partial charge in [-0.2, -0.15) is 0 Å². The first kappa shape index (κ1) is 14.9. The van der Waals surface area contributed by atoms with E-state index in [9.17, 15) is 4.79 Å². The van der Waals surface area contributed by atoms with E-state index in [2.05, 4.69) is 21.2 Å². The van der Waals surface area contributed by atoms with E-state index in [-0.39, 0.29) is 5.91 Å². The molecule has 0 aliphatic carbocycles. The summed E-state index contributed by atoms with van der Waals surface area (Å²) in [7, 11) is 0. The third kappa shape index (κ3) is 2.97. The lowest BCUT2D eigenvalue weighted by molar-refractivity contribution is 0.102. The zero-order valence-corrected chi connectivity index (χ0v) is 13.5. The Morgan fingerprint density at radius 1 is 1.25 bits per heavy atom. The van der Waals surface area contributed by atoms with Crippen LogP contribution in [0.2, 0.25) is 5.02 Å². The Labute approximate surface area is 131 Å². The number of nitrogen functional groups attached to an aromatic ring is 1. The van der Waals surface area contributed by atoms with Crippen LogP contribution in [0.25, 0.3) is 0 Å². The topological polar surface area (TPSA) is 55.1 Å². The summed E-state index contributed by atoms with van der Waals surface area (Å²) < 4.78 is 0.692. The van der Waals surface area contributed by atoms with Gasteiger partial charge in [0.2, 0.25) is 0 Å². The summed E-state index contributed by atoms with van der Waals surface area (Å²) in [4.78, 5) is 12.3. The SMILES string of the molecule is Cc1cc(NC(=O)c2cccc(Br)c2Cl)c(C)cc1N. The molecule has 3 N–H and O–H groups in total. The first-order chi connectivity index (χ1) is 9.40. The molecule has 0 atom stereocenters. The number of halogens is 2. The predicted molar refractivity (Wildman–Crippen MR) is 87.4 cm³/mol. The molecule has 0 aromatic heterocycles. The van der Waals surface area contributed by atoms with Crippen LogP contribution in [0.15, 0.2) is 34.8 Å². The number of anilines is 2. The van der Waals surface area contributed by atoms with Crippen molar-refractivity contribution >= 4 is 44.8 Å². The highest BCUT2D eigenvalue weighted by Crippen LogP contribution is 2.28. The Balaban J connectivity index is 2.33. The molecular formula is C15H14BrClN2O. The summed E-state index contributed by atoms with van der Waals surface area (Å²) in [6.07, 6.45) is 0. The second kappa shape index (κ2) is 5.85. The van der Waals surface area contributed by atoms with Crippen molar-refractivity contribution < 1.29 is 4.79 Å². The van der Waals surface area contributed by atoms with Crippen LogP contribution in [-0.2, 0) is 0 Å². The molecular weight excluding hydrogens is 340 g/mol. The molecule has 0 saturated carbocycles. The van der Waals surface area contributed by atoms with Crippen molar-refractivity contribution in [2.75, 3.05) is 11.1 Å². The van der Waals surface area contributed by atoms with E-state index < -0.39 is 0 Å². The van der Waals surface area contributed by atoms with Crippen LogP contribution >= 0.6 is 27.5 Å². The molecule has 0 heterocycles. The van der Waals surface area contributed by atoms with E-state index in [4.69, 9.17) is 17.3 Å². The normalized spacial score (nSPS) is 10.4. The summed E-state index contributed by atoms with van der Waals surface area (Å²) in [5, 5.41) is 3.26. The van der Waals surface area contributed by atoms with E-state index >= 15 is 0 Å². The Kier molecular flexibility index (Phi) is 4.35. The van der Waals surface area contributed by atoms with Gasteiger partial charge in [0.25, 0.3) is 5.91 Å². The third-order valence-corrected chi connectivity index (χ3v) is 4.35. The Hall–Kier alpha value is -1.52. The molecule has 0 aliphatic rings. The molecule has 0 bridgehead atoms. The zero-order valence-electron chi connectivity index (χ0n) is 11.1. The number of nitrogens with two attached hydrogens (primary N) is 1. The van der Waals surface area contributed by atoms with Crippen molar-refractivity contribution in [3.63, 3.8) is 0 Å². The summed E-state index contributed by atoms with van der Waals surface area (Å²) in [6.45, 7) is 3.80. The lowest BCUT2D eigenvalue weighted by atomic mass is 10.1. The second-order valence-electron chi connectivity index (χ2n) is 4.58. The number of rotatable bonds is 2. The third-order valence-electron chi connectivity index (χ3n) is 3.06. The number of carbonyl (C=O) groups is 1. The number of amides is 1. The molecule has 0 spiro atoms. The largest absolute Gasteiger partial charge is 0.399 e. The number of hydrogen-bond acceptors (Lipinski definition) is 2. The predicted octanol–water partition coefficient (Wildman–Crippen LogP) is 4.55. The molecule has 2 rings (SSSR count). The first-order valence-electron chi connectivity index (χ1n) is 6.02. The number of nitrogens with one attached hydrogen (secondary N) is 1. The van der Waals surface area contributed by atoms with Crippen LogP contribution < -0.4 is 11.1 Å². The van der Waals surface area contributed by atoms with Crippen LogP contribution in [-0.4, -0.2) is 5.91 Å². The Bertz CT molecular complexity index is 686. The van der Waals surface area contributed by atoms with Gasteiger partial charge in [-0.15, -0.1) is 0 Å². The highest BCUT2D eigenvalue weighted by molar-refractivity contribution is 9.10. The van der Waals surface area contributed by atoms with Gasteiger partial charge in [0, 0.05) is 15.8 Å². The molecule has 2 aromatic rings. The van der Waals surface area contributed by atoms with Crippen molar-refractivity contribution in [3.8, 4) is 0 Å². The summed E-state index contributed by atoms with van der Waals surface area (Å²) >= 11 is 9.43. The number of carbonyl (C=O) groups excluding carboxylic acids is 1. The van der Waals surface area contributed by atoms with Crippen molar-refractivity contribution in [1.29, 1.82) is 0 Å². The Morgan fingerprint density at radius 3 is 2.65 bits per heavy atom. The molecule has 0 aliphatic heterocycles. The molecule has 104 valence electrons. The maximum absolute atomic E-state index is 12.3. The highest BCUT2D eigenvalue weighted by atomic mass is 79.9. The average molecular weight is 354 g/mol. The van der Waals surface area contributed by atoms with E-state index in [0.717, 1.165) is 16.8 Å². The average Bonchev–Trinajstić information content (AvgIpc) is 2.39. The van der Waals surface area contributed by atoms with Gasteiger partial charge in [-0.05, 0) is 65.2 Å². The summed E-state index contributed by atoms with van der Waals surface area (Å²) in [5.41, 5.74) is 9.54. The fourth-order valence-electron chi connectivity index (χ4n) is 1.84. The summed E-state index contributed by atoms with van der Waals surface area (Å²) in [6, 6.07) is 8.94. The first-order valence-corrected chi connectivity index (χ1v) is 7.19. The molecule has 5 heteroatoms. The van der Waals surface area contributed by atoms with Gasteiger partial charge in [0.05, 0.1) is 10.6 Å². The zero-order chi connectivity index (χ0) is 14.9. The maximum atomic E-state index is 12.3. The maximum Gasteiger partial charge on any atom is 0.257 e. The Morgan fingerprint density at radius 2 is 1.95 bits per heavy atom. The van der Waals surface area contributed by atoms with Gasteiger partial charge in [-0.1, -0.05) is 17.7 Å². The molecule has 2 aromatic carbocycles. The molecule has 0 saturated heterocycles. The quantitative estimate of drug-likeness (QED) is 0.778. The minimum atomic E-state index is -0.247. The minimum Gasteiger partial charge on any atom is -0.399 e. The van der Waals surface area contributed by atoms with Gasteiger partial charge < -0.3 is 11.1 Å². The van der Waals surface area contributed by atoms with Gasteiger partial charge >= 0.3 is 0 Å². The number of aryl methyl sites for hydroxylation is 2. The van der Waals surface area contributed by atoms with Crippen molar-refractivity contribution in [3.05, 3.63) is 56.5 Å². The number of benzene rings is 2. The van der Waals surface area contributed by atoms with Crippen LogP contribution in [0.4, 0.5) is 11.4 Å². The van der Waals surface area contributed by atoms with Gasteiger partial charge in [0.15, 0.2) is 0 Å². The fraction of sp³-hybridized carbons (Fsp3) is 0.133. The van der Waals surface area contributed by atoms with Crippen molar-refractivity contribution in [2.24, 2.45) is 0 Å². The fourth-order valence-corrected chi connectivity index (χ4v) is 2.42. The van der Waals surface area contributed by atoms with Crippen molar-refractivity contribution in [2.45, 2.75) is 13.8 Å². The van der Waals surface area contributed by atoms with Crippen LogP contribution in [0.1, 0.15) is 21.5 Å². The lowest BCUT2D eigenvalue weighted by Crippen LogP contribution is -2.14. The summed E-state index contributed by atoms with van der Waals surface area (Å²) in [5.74, 6) is -0.247. The molecule has 0 radical (unpaired) electrons. The standard InChI is InChI=1S/C15H14BrClN2O/c1-8-7-13(9(2)6-12(8)18)19-15(20)10-4-3-5-11(16)14(10)17/h3-7H,18H2,1-2H3,(H,19,20). The van der Waals surface area contributed by atoms with E-state index in [1.807, 2.05) is 26.0 Å². The van der Waals surface area contributed by atoms with Crippen LogP contribution in [0.5, 0.6) is 0 Å². The lowest BCUT2D eigenvalue weighted by Gasteiger charge is -2.12. The minimum absolute atomic E-state index is 0.247. The smallest absolute Gasteiger partial charge is 0.257 e.